The lowest BCUT2D eigenvalue weighted by Crippen LogP contribution is -2.59. The molecule has 0 radical (unpaired) electrons. The smallest absolute Gasteiger partial charge is 0.291 e. The van der Waals surface area contributed by atoms with Crippen molar-refractivity contribution < 1.29 is 18.8 Å². The number of oxazole rings is 1. The number of aryl methyl sites for hydroxylation is 2. The van der Waals surface area contributed by atoms with Crippen LogP contribution in [0, 0.1) is 13.8 Å². The number of carbonyl (C=O) groups excluding carboxylic acids is 3. The van der Waals surface area contributed by atoms with Crippen molar-refractivity contribution in [2.45, 2.75) is 32.9 Å². The van der Waals surface area contributed by atoms with Crippen molar-refractivity contribution in [2.75, 3.05) is 26.2 Å². The van der Waals surface area contributed by atoms with Crippen LogP contribution in [0.15, 0.2) is 35.1 Å². The summed E-state index contributed by atoms with van der Waals surface area (Å²) in [6.07, 6.45) is 1.66. The number of hydrogen-bond acceptors (Lipinski definition) is 5. The van der Waals surface area contributed by atoms with Crippen molar-refractivity contribution in [3.8, 4) is 0 Å². The summed E-state index contributed by atoms with van der Waals surface area (Å²) in [4.78, 5) is 47.4. The van der Waals surface area contributed by atoms with E-state index in [2.05, 4.69) is 4.98 Å². The first-order valence-corrected chi connectivity index (χ1v) is 9.77. The van der Waals surface area contributed by atoms with Gasteiger partial charge in [-0.3, -0.25) is 14.4 Å². The van der Waals surface area contributed by atoms with E-state index < -0.39 is 6.04 Å². The Balaban J connectivity index is 1.48. The third-order valence-corrected chi connectivity index (χ3v) is 5.59. The van der Waals surface area contributed by atoms with E-state index in [1.54, 1.807) is 21.6 Å². The molecule has 1 aromatic carbocycles. The second-order valence-electron chi connectivity index (χ2n) is 7.63. The summed E-state index contributed by atoms with van der Waals surface area (Å²) in [6.45, 7) is 5.29. The topological polar surface area (TPSA) is 87.0 Å². The second-order valence-corrected chi connectivity index (χ2v) is 7.63. The number of aromatic nitrogens is 1. The van der Waals surface area contributed by atoms with Gasteiger partial charge in [-0.25, -0.2) is 4.98 Å². The van der Waals surface area contributed by atoms with E-state index in [9.17, 15) is 14.4 Å². The summed E-state index contributed by atoms with van der Waals surface area (Å²) in [7, 11) is 0. The van der Waals surface area contributed by atoms with Crippen LogP contribution in [0.3, 0.4) is 0 Å². The lowest BCUT2D eigenvalue weighted by Gasteiger charge is -2.39. The number of piperazine rings is 1. The van der Waals surface area contributed by atoms with Crippen LogP contribution in [0.2, 0.25) is 0 Å². The fourth-order valence-corrected chi connectivity index (χ4v) is 4.05. The molecule has 2 saturated heterocycles. The summed E-state index contributed by atoms with van der Waals surface area (Å²) in [5.41, 5.74) is 2.66. The van der Waals surface area contributed by atoms with E-state index in [0.717, 1.165) is 11.1 Å². The monoisotopic (exact) mass is 396 g/mol. The number of rotatable bonds is 3. The van der Waals surface area contributed by atoms with Crippen molar-refractivity contribution in [2.24, 2.45) is 0 Å². The fraction of sp³-hybridized carbons (Fsp3) is 0.429. The van der Waals surface area contributed by atoms with E-state index in [1.807, 2.05) is 31.2 Å². The minimum Gasteiger partial charge on any atom is -0.438 e. The maximum Gasteiger partial charge on any atom is 0.291 e. The van der Waals surface area contributed by atoms with Crippen LogP contribution < -0.4 is 0 Å². The molecule has 1 atom stereocenters. The summed E-state index contributed by atoms with van der Waals surface area (Å²) in [5, 5.41) is 0. The van der Waals surface area contributed by atoms with Crippen molar-refractivity contribution in [3.63, 3.8) is 0 Å². The highest BCUT2D eigenvalue weighted by Crippen LogP contribution is 2.22. The molecular weight excluding hydrogens is 372 g/mol. The highest BCUT2D eigenvalue weighted by Gasteiger charge is 2.41. The zero-order valence-corrected chi connectivity index (χ0v) is 16.6. The lowest BCUT2D eigenvalue weighted by atomic mass is 10.1. The normalized spacial score (nSPS) is 19.9. The Hall–Kier alpha value is -3.16. The molecule has 0 N–H and O–H groups in total. The van der Waals surface area contributed by atoms with E-state index in [1.165, 1.54) is 6.39 Å². The van der Waals surface area contributed by atoms with Gasteiger partial charge in [0.1, 0.15) is 12.6 Å². The minimum atomic E-state index is -0.533. The highest BCUT2D eigenvalue weighted by molar-refractivity contribution is 5.96. The second kappa shape index (κ2) is 7.69. The molecule has 3 heterocycles. The summed E-state index contributed by atoms with van der Waals surface area (Å²) in [5.74, 6) is -0.177. The Morgan fingerprint density at radius 3 is 2.76 bits per heavy atom. The van der Waals surface area contributed by atoms with Gasteiger partial charge in [0, 0.05) is 26.2 Å². The average molecular weight is 396 g/mol. The van der Waals surface area contributed by atoms with Crippen LogP contribution in [-0.2, 0) is 16.1 Å². The molecule has 0 bridgehead atoms. The first-order valence-electron chi connectivity index (χ1n) is 9.77. The molecule has 2 aliphatic rings. The molecule has 2 aromatic rings. The number of hydrogen-bond donors (Lipinski definition) is 0. The van der Waals surface area contributed by atoms with Crippen LogP contribution in [0.1, 0.15) is 33.8 Å². The van der Waals surface area contributed by atoms with Gasteiger partial charge in [0.25, 0.3) is 5.91 Å². The fourth-order valence-electron chi connectivity index (χ4n) is 4.05. The van der Waals surface area contributed by atoms with Crippen molar-refractivity contribution in [1.29, 1.82) is 0 Å². The number of benzene rings is 1. The molecule has 1 aromatic heterocycles. The van der Waals surface area contributed by atoms with Crippen LogP contribution in [-0.4, -0.2) is 69.6 Å². The maximum atomic E-state index is 13.1. The Labute approximate surface area is 169 Å². The van der Waals surface area contributed by atoms with Gasteiger partial charge in [-0.1, -0.05) is 29.8 Å². The van der Waals surface area contributed by atoms with Crippen molar-refractivity contribution >= 4 is 17.7 Å². The largest absolute Gasteiger partial charge is 0.438 e. The average Bonchev–Trinajstić information content (AvgIpc) is 2.98. The molecule has 2 fully saturated rings. The van der Waals surface area contributed by atoms with E-state index in [4.69, 9.17) is 4.42 Å². The molecule has 8 heteroatoms. The van der Waals surface area contributed by atoms with Crippen LogP contribution in [0.25, 0.3) is 0 Å². The van der Waals surface area contributed by atoms with Gasteiger partial charge in [0.15, 0.2) is 6.39 Å². The SMILES string of the molecule is Cc1cccc(CN2CC(=O)N3CCN(C(=O)c4ocnc4C)CCC3C2=O)c1. The number of fused-ring (bicyclic) bond motifs is 1. The number of nitrogens with zero attached hydrogens (tertiary/aromatic N) is 4. The van der Waals surface area contributed by atoms with Gasteiger partial charge in [-0.05, 0) is 25.8 Å². The van der Waals surface area contributed by atoms with Gasteiger partial charge in [0.2, 0.25) is 17.6 Å². The Kier molecular flexibility index (Phi) is 5.08. The third-order valence-electron chi connectivity index (χ3n) is 5.59. The van der Waals surface area contributed by atoms with Gasteiger partial charge >= 0.3 is 0 Å². The molecule has 3 amide bonds. The predicted molar refractivity (Wildman–Crippen MR) is 104 cm³/mol. The Morgan fingerprint density at radius 1 is 1.21 bits per heavy atom. The van der Waals surface area contributed by atoms with Gasteiger partial charge in [-0.2, -0.15) is 0 Å². The Morgan fingerprint density at radius 2 is 2.03 bits per heavy atom. The van der Waals surface area contributed by atoms with E-state index in [-0.39, 0.29) is 30.0 Å². The van der Waals surface area contributed by atoms with Crippen LogP contribution in [0.5, 0.6) is 0 Å². The van der Waals surface area contributed by atoms with Crippen LogP contribution in [0.4, 0.5) is 0 Å². The Bertz CT molecular complexity index is 954. The molecule has 0 spiro atoms. The predicted octanol–water partition coefficient (Wildman–Crippen LogP) is 1.38. The molecular formula is C21H24N4O4. The van der Waals surface area contributed by atoms with Crippen molar-refractivity contribution in [1.82, 2.24) is 19.7 Å². The molecule has 0 aliphatic carbocycles. The first kappa shape index (κ1) is 19.2. The molecule has 8 nitrogen and oxygen atoms in total. The van der Waals surface area contributed by atoms with Crippen LogP contribution >= 0.6 is 0 Å². The summed E-state index contributed by atoms with van der Waals surface area (Å²) < 4.78 is 5.22. The zero-order chi connectivity index (χ0) is 20.5. The molecule has 1 unspecified atom stereocenters. The zero-order valence-electron chi connectivity index (χ0n) is 16.6. The standard InChI is InChI=1S/C21H24N4O4/c1-14-4-3-5-16(10-14)11-24-12-18(26)25-9-8-23(7-6-17(25)20(24)27)21(28)19-15(2)22-13-29-19/h3-5,10,13,17H,6-9,11-12H2,1-2H3. The number of amides is 3. The van der Waals surface area contributed by atoms with Crippen molar-refractivity contribution in [3.05, 3.63) is 53.2 Å². The minimum absolute atomic E-state index is 0.0590. The molecule has 152 valence electrons. The molecule has 2 aliphatic heterocycles. The summed E-state index contributed by atoms with van der Waals surface area (Å²) in [6, 6.07) is 7.41. The molecule has 4 rings (SSSR count). The van der Waals surface area contributed by atoms with E-state index >= 15 is 0 Å². The quantitative estimate of drug-likeness (QED) is 0.782. The lowest BCUT2D eigenvalue weighted by molar-refractivity contribution is -0.156. The molecule has 29 heavy (non-hydrogen) atoms. The highest BCUT2D eigenvalue weighted by atomic mass is 16.3. The first-order chi connectivity index (χ1) is 13.9. The van der Waals surface area contributed by atoms with Gasteiger partial charge in [-0.15, -0.1) is 0 Å². The third kappa shape index (κ3) is 3.74. The van der Waals surface area contributed by atoms with Gasteiger partial charge in [0.05, 0.1) is 5.69 Å². The van der Waals surface area contributed by atoms with E-state index in [0.29, 0.717) is 38.3 Å². The summed E-state index contributed by atoms with van der Waals surface area (Å²) >= 11 is 0. The number of carbonyl (C=O) groups is 3. The maximum absolute atomic E-state index is 13.1. The molecule has 0 saturated carbocycles. The van der Waals surface area contributed by atoms with Gasteiger partial charge < -0.3 is 19.1 Å².